The van der Waals surface area contributed by atoms with Gasteiger partial charge in [-0.25, -0.2) is 0 Å². The van der Waals surface area contributed by atoms with Crippen LogP contribution < -0.4 is 15.1 Å². The first-order valence-electron chi connectivity index (χ1n) is 10.8. The molecule has 1 heterocycles. The number of hydrogen-bond donors (Lipinski definition) is 0. The second-order valence-corrected chi connectivity index (χ2v) is 8.10. The lowest BCUT2D eigenvalue weighted by Gasteiger charge is -2.36. The van der Waals surface area contributed by atoms with Crippen LogP contribution in [-0.2, 0) is 6.54 Å². The zero-order valence-electron chi connectivity index (χ0n) is 17.8. The number of ether oxygens (including phenoxy) is 1. The molecule has 0 radical (unpaired) electrons. The SMILES string of the molecule is COc1ccc(CN2CCN(c3cc4ccccc4c(=O)c4ccccc34)CC2)cc1. The molecular weight excluding hydrogens is 384 g/mol. The minimum absolute atomic E-state index is 0.107. The lowest BCUT2D eigenvalue weighted by atomic mass is 10.1. The van der Waals surface area contributed by atoms with Gasteiger partial charge in [-0.05, 0) is 29.1 Å². The first-order chi connectivity index (χ1) is 15.2. The highest BCUT2D eigenvalue weighted by Gasteiger charge is 2.19. The van der Waals surface area contributed by atoms with Gasteiger partial charge in [0, 0.05) is 54.6 Å². The van der Waals surface area contributed by atoms with E-state index in [-0.39, 0.29) is 5.43 Å². The van der Waals surface area contributed by atoms with Crippen LogP contribution >= 0.6 is 0 Å². The average Bonchev–Trinajstić information content (AvgIpc) is 2.95. The Bertz CT molecular complexity index is 1280. The molecule has 1 saturated heterocycles. The van der Waals surface area contributed by atoms with Gasteiger partial charge in [0.15, 0.2) is 5.43 Å². The number of anilines is 1. The van der Waals surface area contributed by atoms with Crippen LogP contribution in [0.2, 0.25) is 0 Å². The molecule has 0 saturated carbocycles. The highest BCUT2D eigenvalue weighted by molar-refractivity contribution is 6.01. The third-order valence-corrected chi connectivity index (χ3v) is 6.22. The maximum absolute atomic E-state index is 13.2. The van der Waals surface area contributed by atoms with Crippen LogP contribution in [0.5, 0.6) is 5.75 Å². The van der Waals surface area contributed by atoms with Crippen LogP contribution in [0.25, 0.3) is 21.5 Å². The molecule has 156 valence electrons. The van der Waals surface area contributed by atoms with Gasteiger partial charge in [-0.2, -0.15) is 0 Å². The third-order valence-electron chi connectivity index (χ3n) is 6.22. The molecule has 0 aliphatic carbocycles. The van der Waals surface area contributed by atoms with Crippen molar-refractivity contribution in [1.82, 2.24) is 4.90 Å². The van der Waals surface area contributed by atoms with Crippen molar-refractivity contribution in [2.24, 2.45) is 0 Å². The number of methoxy groups -OCH3 is 1. The van der Waals surface area contributed by atoms with E-state index in [9.17, 15) is 4.79 Å². The van der Waals surface area contributed by atoms with Crippen LogP contribution in [0.15, 0.2) is 83.7 Å². The fourth-order valence-electron chi connectivity index (χ4n) is 4.50. The molecule has 4 nitrogen and oxygen atoms in total. The van der Waals surface area contributed by atoms with Crippen molar-refractivity contribution < 1.29 is 4.74 Å². The molecule has 31 heavy (non-hydrogen) atoms. The van der Waals surface area contributed by atoms with Crippen LogP contribution in [0.4, 0.5) is 5.69 Å². The summed E-state index contributed by atoms with van der Waals surface area (Å²) in [6, 6.07) is 26.4. The highest BCUT2D eigenvalue weighted by Crippen LogP contribution is 2.28. The summed E-state index contributed by atoms with van der Waals surface area (Å²) in [4.78, 5) is 18.1. The predicted octanol–water partition coefficient (Wildman–Crippen LogP) is 4.68. The van der Waals surface area contributed by atoms with Crippen molar-refractivity contribution in [3.63, 3.8) is 0 Å². The van der Waals surface area contributed by atoms with E-state index in [0.717, 1.165) is 65.7 Å². The first kappa shape index (κ1) is 19.6. The second kappa shape index (κ2) is 8.40. The summed E-state index contributed by atoms with van der Waals surface area (Å²) < 4.78 is 5.26. The molecule has 0 amide bonds. The van der Waals surface area contributed by atoms with E-state index in [4.69, 9.17) is 4.74 Å². The Hall–Kier alpha value is -3.37. The van der Waals surface area contributed by atoms with E-state index >= 15 is 0 Å². The molecule has 0 bridgehead atoms. The fraction of sp³-hybridized carbons (Fsp3) is 0.222. The summed E-state index contributed by atoms with van der Waals surface area (Å²) in [7, 11) is 1.69. The van der Waals surface area contributed by atoms with Gasteiger partial charge in [0.25, 0.3) is 0 Å². The molecule has 0 atom stereocenters. The highest BCUT2D eigenvalue weighted by atomic mass is 16.5. The molecule has 1 aliphatic rings. The summed E-state index contributed by atoms with van der Waals surface area (Å²) in [6.45, 7) is 4.79. The van der Waals surface area contributed by atoms with Gasteiger partial charge >= 0.3 is 0 Å². The summed E-state index contributed by atoms with van der Waals surface area (Å²) in [5.41, 5.74) is 2.56. The van der Waals surface area contributed by atoms with E-state index in [0.29, 0.717) is 0 Å². The van der Waals surface area contributed by atoms with Crippen LogP contribution in [0, 0.1) is 0 Å². The van der Waals surface area contributed by atoms with Crippen molar-refractivity contribution >= 4 is 27.2 Å². The zero-order valence-corrected chi connectivity index (χ0v) is 17.8. The van der Waals surface area contributed by atoms with Gasteiger partial charge in [-0.15, -0.1) is 0 Å². The summed E-state index contributed by atoms with van der Waals surface area (Å²) in [5, 5.41) is 3.61. The van der Waals surface area contributed by atoms with E-state index in [2.05, 4.69) is 34.1 Å². The number of hydrogen-bond acceptors (Lipinski definition) is 4. The standard InChI is InChI=1S/C27H26N2O2/c1-31-22-12-10-20(11-13-22)19-28-14-16-29(17-15-28)26-18-21-6-2-3-7-23(21)27(30)25-9-5-4-8-24(25)26/h2-13,18H,14-17,19H2,1H3. The Morgan fingerprint density at radius 1 is 0.774 bits per heavy atom. The topological polar surface area (TPSA) is 32.8 Å². The Morgan fingerprint density at radius 3 is 2.13 bits per heavy atom. The maximum atomic E-state index is 13.2. The average molecular weight is 411 g/mol. The van der Waals surface area contributed by atoms with Crippen LogP contribution in [0.1, 0.15) is 5.56 Å². The van der Waals surface area contributed by atoms with Gasteiger partial charge in [-0.3, -0.25) is 9.69 Å². The van der Waals surface area contributed by atoms with Gasteiger partial charge in [0.2, 0.25) is 0 Å². The van der Waals surface area contributed by atoms with Gasteiger partial charge in [0.05, 0.1) is 7.11 Å². The zero-order chi connectivity index (χ0) is 21.2. The lowest BCUT2D eigenvalue weighted by Crippen LogP contribution is -2.46. The fourth-order valence-corrected chi connectivity index (χ4v) is 4.50. The van der Waals surface area contributed by atoms with E-state index in [1.807, 2.05) is 54.6 Å². The van der Waals surface area contributed by atoms with Gasteiger partial charge < -0.3 is 9.64 Å². The molecule has 1 aliphatic heterocycles. The van der Waals surface area contributed by atoms with Crippen molar-refractivity contribution in [3.05, 3.63) is 94.6 Å². The Labute approximate surface area is 182 Å². The number of piperazine rings is 1. The minimum atomic E-state index is 0.107. The van der Waals surface area contributed by atoms with Crippen molar-refractivity contribution in [2.45, 2.75) is 6.54 Å². The number of benzene rings is 3. The van der Waals surface area contributed by atoms with Crippen molar-refractivity contribution in [2.75, 3.05) is 38.2 Å². The quantitative estimate of drug-likeness (QED) is 0.489. The van der Waals surface area contributed by atoms with Crippen molar-refractivity contribution in [3.8, 4) is 5.75 Å². The second-order valence-electron chi connectivity index (χ2n) is 8.10. The number of nitrogens with zero attached hydrogens (tertiary/aromatic N) is 2. The molecule has 5 rings (SSSR count). The van der Waals surface area contributed by atoms with E-state index in [1.165, 1.54) is 5.56 Å². The molecule has 4 aromatic carbocycles. The summed E-state index contributed by atoms with van der Waals surface area (Å²) >= 11 is 0. The number of fused-ring (bicyclic) bond motifs is 2. The van der Waals surface area contributed by atoms with Crippen LogP contribution in [-0.4, -0.2) is 38.2 Å². The Kier molecular flexibility index (Phi) is 5.31. The minimum Gasteiger partial charge on any atom is -0.497 e. The summed E-state index contributed by atoms with van der Waals surface area (Å²) in [6.07, 6.45) is 0. The van der Waals surface area contributed by atoms with E-state index in [1.54, 1.807) is 7.11 Å². The maximum Gasteiger partial charge on any atom is 0.194 e. The normalized spacial score (nSPS) is 14.8. The predicted molar refractivity (Wildman–Crippen MR) is 128 cm³/mol. The molecule has 0 aromatic heterocycles. The lowest BCUT2D eigenvalue weighted by molar-refractivity contribution is 0.250. The molecule has 0 unspecified atom stereocenters. The Balaban J connectivity index is 1.44. The first-order valence-corrected chi connectivity index (χ1v) is 10.8. The monoisotopic (exact) mass is 410 g/mol. The molecule has 0 spiro atoms. The molecule has 0 N–H and O–H groups in total. The van der Waals surface area contributed by atoms with Gasteiger partial charge in [0.1, 0.15) is 5.75 Å². The molecular formula is C27H26N2O2. The third kappa shape index (κ3) is 3.87. The van der Waals surface area contributed by atoms with E-state index < -0.39 is 0 Å². The molecule has 1 fully saturated rings. The Morgan fingerprint density at radius 2 is 1.42 bits per heavy atom. The molecule has 4 heteroatoms. The smallest absolute Gasteiger partial charge is 0.194 e. The van der Waals surface area contributed by atoms with Crippen molar-refractivity contribution in [1.29, 1.82) is 0 Å². The van der Waals surface area contributed by atoms with Crippen LogP contribution in [0.3, 0.4) is 0 Å². The number of rotatable bonds is 4. The van der Waals surface area contributed by atoms with Gasteiger partial charge in [-0.1, -0.05) is 60.7 Å². The summed E-state index contributed by atoms with van der Waals surface area (Å²) in [5.74, 6) is 0.891. The largest absolute Gasteiger partial charge is 0.497 e. The molecule has 4 aromatic rings.